The van der Waals surface area contributed by atoms with Gasteiger partial charge in [-0.1, -0.05) is 12.8 Å². The van der Waals surface area contributed by atoms with Crippen LogP contribution in [0.3, 0.4) is 0 Å². The molecule has 1 rings (SSSR count). The minimum absolute atomic E-state index is 0.0364. The number of hydrogen-bond acceptors (Lipinski definition) is 4. The lowest BCUT2D eigenvalue weighted by Crippen LogP contribution is -2.40. The first-order chi connectivity index (χ1) is 7.64. The number of carboxylic acids is 1. The van der Waals surface area contributed by atoms with Crippen LogP contribution in [0.2, 0.25) is 0 Å². The molecule has 0 radical (unpaired) electrons. The number of ether oxygens (including phenoxy) is 1. The lowest BCUT2D eigenvalue weighted by atomic mass is 9.79. The van der Waals surface area contributed by atoms with Crippen LogP contribution in [0.5, 0.6) is 0 Å². The molecule has 0 amide bonds. The Morgan fingerprint density at radius 2 is 2.12 bits per heavy atom. The SMILES string of the molecule is NCC(CCOCCO)(CC1CC1)C(=O)O. The van der Waals surface area contributed by atoms with Gasteiger partial charge in [-0.3, -0.25) is 4.79 Å². The highest BCUT2D eigenvalue weighted by Crippen LogP contribution is 2.41. The van der Waals surface area contributed by atoms with E-state index in [1.165, 1.54) is 0 Å². The van der Waals surface area contributed by atoms with Gasteiger partial charge in [0.1, 0.15) is 0 Å². The van der Waals surface area contributed by atoms with Crippen molar-refractivity contribution in [2.45, 2.75) is 25.7 Å². The molecule has 1 aliphatic carbocycles. The number of aliphatic carboxylic acids is 1. The summed E-state index contributed by atoms with van der Waals surface area (Å²) in [7, 11) is 0. The Kier molecular flexibility index (Phi) is 5.18. The maximum absolute atomic E-state index is 11.3. The van der Waals surface area contributed by atoms with Crippen LogP contribution in [0.4, 0.5) is 0 Å². The monoisotopic (exact) mass is 231 g/mol. The Balaban J connectivity index is 2.43. The fourth-order valence-corrected chi connectivity index (χ4v) is 1.88. The normalized spacial score (nSPS) is 19.4. The van der Waals surface area contributed by atoms with Gasteiger partial charge in [0, 0.05) is 13.2 Å². The second-order valence-electron chi connectivity index (χ2n) is 4.52. The molecule has 0 spiro atoms. The molecule has 1 unspecified atom stereocenters. The van der Waals surface area contributed by atoms with Crippen LogP contribution in [0.1, 0.15) is 25.7 Å². The van der Waals surface area contributed by atoms with E-state index in [0.29, 0.717) is 25.4 Å². The van der Waals surface area contributed by atoms with Gasteiger partial charge in [0.25, 0.3) is 0 Å². The van der Waals surface area contributed by atoms with Crippen molar-refractivity contribution in [3.63, 3.8) is 0 Å². The van der Waals surface area contributed by atoms with E-state index < -0.39 is 11.4 Å². The second kappa shape index (κ2) is 6.18. The van der Waals surface area contributed by atoms with E-state index >= 15 is 0 Å². The predicted molar refractivity (Wildman–Crippen MR) is 59.0 cm³/mol. The van der Waals surface area contributed by atoms with Crippen LogP contribution in [0, 0.1) is 11.3 Å². The third-order valence-electron chi connectivity index (χ3n) is 3.18. The summed E-state index contributed by atoms with van der Waals surface area (Å²) in [5.41, 5.74) is 4.78. The maximum Gasteiger partial charge on any atom is 0.311 e. The first-order valence-electron chi connectivity index (χ1n) is 5.76. The molecule has 1 saturated carbocycles. The van der Waals surface area contributed by atoms with Crippen molar-refractivity contribution >= 4 is 5.97 Å². The van der Waals surface area contributed by atoms with Crippen LogP contribution in [-0.2, 0) is 9.53 Å². The fourth-order valence-electron chi connectivity index (χ4n) is 1.88. The second-order valence-corrected chi connectivity index (χ2v) is 4.52. The van der Waals surface area contributed by atoms with Gasteiger partial charge in [0.2, 0.25) is 0 Å². The minimum atomic E-state index is -0.837. The summed E-state index contributed by atoms with van der Waals surface area (Å²) in [5.74, 6) is -0.299. The van der Waals surface area contributed by atoms with Crippen molar-refractivity contribution in [3.8, 4) is 0 Å². The summed E-state index contributed by atoms with van der Waals surface area (Å²) < 4.78 is 5.12. The van der Waals surface area contributed by atoms with Crippen LogP contribution < -0.4 is 5.73 Å². The molecule has 0 aliphatic heterocycles. The molecule has 4 N–H and O–H groups in total. The van der Waals surface area contributed by atoms with Crippen molar-refractivity contribution in [1.82, 2.24) is 0 Å². The Labute approximate surface area is 95.6 Å². The van der Waals surface area contributed by atoms with E-state index in [2.05, 4.69) is 0 Å². The number of carboxylic acid groups (broad SMARTS) is 1. The molecule has 0 aromatic carbocycles. The van der Waals surface area contributed by atoms with E-state index in [-0.39, 0.29) is 19.8 Å². The summed E-state index contributed by atoms with van der Waals surface area (Å²) in [6.07, 6.45) is 3.32. The smallest absolute Gasteiger partial charge is 0.311 e. The Bertz CT molecular complexity index is 230. The number of aliphatic hydroxyl groups excluding tert-OH is 1. The van der Waals surface area contributed by atoms with Crippen molar-refractivity contribution in [2.24, 2.45) is 17.1 Å². The third-order valence-corrected chi connectivity index (χ3v) is 3.18. The van der Waals surface area contributed by atoms with Crippen LogP contribution in [0.15, 0.2) is 0 Å². The average molecular weight is 231 g/mol. The van der Waals surface area contributed by atoms with E-state index in [9.17, 15) is 9.90 Å². The lowest BCUT2D eigenvalue weighted by molar-refractivity contribution is -0.150. The Morgan fingerprint density at radius 1 is 1.44 bits per heavy atom. The molecule has 0 aromatic rings. The largest absolute Gasteiger partial charge is 0.481 e. The molecule has 0 aromatic heterocycles. The quantitative estimate of drug-likeness (QED) is 0.493. The zero-order valence-electron chi connectivity index (χ0n) is 9.52. The topological polar surface area (TPSA) is 92.8 Å². The molecule has 16 heavy (non-hydrogen) atoms. The lowest BCUT2D eigenvalue weighted by Gasteiger charge is -2.27. The summed E-state index contributed by atoms with van der Waals surface area (Å²) in [6, 6.07) is 0. The fraction of sp³-hybridized carbons (Fsp3) is 0.909. The van der Waals surface area contributed by atoms with Gasteiger partial charge < -0.3 is 20.7 Å². The first-order valence-corrected chi connectivity index (χ1v) is 5.76. The van der Waals surface area contributed by atoms with Gasteiger partial charge in [-0.15, -0.1) is 0 Å². The van der Waals surface area contributed by atoms with E-state index in [0.717, 1.165) is 12.8 Å². The number of aliphatic hydroxyl groups is 1. The van der Waals surface area contributed by atoms with Crippen LogP contribution in [0.25, 0.3) is 0 Å². The molecule has 0 bridgehead atoms. The van der Waals surface area contributed by atoms with E-state index in [4.69, 9.17) is 15.6 Å². The highest BCUT2D eigenvalue weighted by atomic mass is 16.5. The molecule has 5 heteroatoms. The molecular weight excluding hydrogens is 210 g/mol. The molecule has 0 heterocycles. The Morgan fingerprint density at radius 3 is 2.56 bits per heavy atom. The van der Waals surface area contributed by atoms with E-state index in [1.54, 1.807) is 0 Å². The summed E-state index contributed by atoms with van der Waals surface area (Å²) in [5, 5.41) is 17.8. The molecule has 1 fully saturated rings. The van der Waals surface area contributed by atoms with Gasteiger partial charge >= 0.3 is 5.97 Å². The Hall–Kier alpha value is -0.650. The minimum Gasteiger partial charge on any atom is -0.481 e. The van der Waals surface area contributed by atoms with Crippen molar-refractivity contribution in [3.05, 3.63) is 0 Å². The van der Waals surface area contributed by atoms with E-state index in [1.807, 2.05) is 0 Å². The third kappa shape index (κ3) is 3.73. The highest BCUT2D eigenvalue weighted by molar-refractivity contribution is 5.75. The maximum atomic E-state index is 11.3. The van der Waals surface area contributed by atoms with Gasteiger partial charge in [0.05, 0.1) is 18.6 Å². The highest BCUT2D eigenvalue weighted by Gasteiger charge is 2.41. The zero-order valence-corrected chi connectivity index (χ0v) is 9.52. The van der Waals surface area contributed by atoms with Crippen molar-refractivity contribution < 1.29 is 19.7 Å². The van der Waals surface area contributed by atoms with Crippen molar-refractivity contribution in [2.75, 3.05) is 26.4 Å². The van der Waals surface area contributed by atoms with Crippen molar-refractivity contribution in [1.29, 1.82) is 0 Å². The number of rotatable bonds is 9. The standard InChI is InChI=1S/C11H21NO4/c12-8-11(10(14)15,7-9-1-2-9)3-5-16-6-4-13/h9,13H,1-8,12H2,(H,14,15). The number of nitrogens with two attached hydrogens (primary N) is 1. The molecule has 1 aliphatic rings. The van der Waals surface area contributed by atoms with Crippen LogP contribution >= 0.6 is 0 Å². The predicted octanol–water partition coefficient (Wildman–Crippen LogP) is 0.215. The number of hydrogen-bond donors (Lipinski definition) is 3. The average Bonchev–Trinajstić information content (AvgIpc) is 3.06. The molecule has 0 saturated heterocycles. The summed E-state index contributed by atoms with van der Waals surface area (Å²) >= 11 is 0. The zero-order chi connectivity index (χ0) is 12.0. The summed E-state index contributed by atoms with van der Waals surface area (Å²) in [4.78, 5) is 11.3. The molecular formula is C11H21NO4. The van der Waals surface area contributed by atoms with Gasteiger partial charge in [-0.05, 0) is 18.8 Å². The van der Waals surface area contributed by atoms with Gasteiger partial charge in [-0.2, -0.15) is 0 Å². The van der Waals surface area contributed by atoms with Gasteiger partial charge in [-0.25, -0.2) is 0 Å². The molecule has 94 valence electrons. The first kappa shape index (κ1) is 13.4. The number of carbonyl (C=O) groups is 1. The van der Waals surface area contributed by atoms with Crippen LogP contribution in [-0.4, -0.2) is 42.5 Å². The van der Waals surface area contributed by atoms with Gasteiger partial charge in [0.15, 0.2) is 0 Å². The molecule has 1 atom stereocenters. The summed E-state index contributed by atoms with van der Waals surface area (Å²) in [6.45, 7) is 0.715. The molecule has 5 nitrogen and oxygen atoms in total.